The van der Waals surface area contributed by atoms with Crippen molar-refractivity contribution in [2.75, 3.05) is 20.8 Å². The van der Waals surface area contributed by atoms with E-state index in [2.05, 4.69) is 20.8 Å². The summed E-state index contributed by atoms with van der Waals surface area (Å²) in [6.07, 6.45) is -1.44. The van der Waals surface area contributed by atoms with Gasteiger partial charge in [-0.1, -0.05) is 81.4 Å². The molecule has 182 valence electrons. The summed E-state index contributed by atoms with van der Waals surface area (Å²) in [5.41, 5.74) is 0.837. The number of benzene rings is 2. The molecule has 3 rings (SSSR count). The summed E-state index contributed by atoms with van der Waals surface area (Å²) in [5.74, 6) is -2.48. The van der Waals surface area contributed by atoms with Crippen LogP contribution in [0.4, 0.5) is 0 Å². The van der Waals surface area contributed by atoms with Gasteiger partial charge in [-0.25, -0.2) is 0 Å². The highest BCUT2D eigenvalue weighted by molar-refractivity contribution is 6.32. The fourth-order valence-corrected chi connectivity index (χ4v) is 5.43. The molecule has 1 N–H and O–H groups in total. The van der Waals surface area contributed by atoms with E-state index >= 15 is 0 Å². The minimum Gasteiger partial charge on any atom is -0.408 e. The van der Waals surface area contributed by atoms with Gasteiger partial charge in [0.2, 0.25) is 11.6 Å². The second kappa shape index (κ2) is 9.96. The van der Waals surface area contributed by atoms with Gasteiger partial charge in [0.15, 0.2) is 9.76 Å². The zero-order chi connectivity index (χ0) is 24.3. The van der Waals surface area contributed by atoms with E-state index in [-0.39, 0.29) is 11.6 Å². The highest BCUT2D eigenvalue weighted by atomic mass is 28.2. The summed E-state index contributed by atoms with van der Waals surface area (Å²) in [6, 6.07) is 20.1. The molecule has 0 bridgehead atoms. The lowest BCUT2D eigenvalue weighted by atomic mass is 9.78. The third-order valence-electron chi connectivity index (χ3n) is 6.39. The maximum absolute atomic E-state index is 10.5. The number of methoxy groups -OCH3 is 2. The lowest BCUT2D eigenvalue weighted by molar-refractivity contribution is -0.460. The number of aliphatic hydroxyl groups excluding tert-OH is 1. The van der Waals surface area contributed by atoms with Gasteiger partial charge in [-0.15, -0.1) is 0 Å². The van der Waals surface area contributed by atoms with Crippen molar-refractivity contribution >= 4 is 9.76 Å². The SMILES string of the molecule is CO[C@]1(C)O[C@@H](CO)[C@@H](C(O[SiH2]C(C)(C)C)(c2ccccc2)c2ccccc2)O[C@@]1(C)OC. The van der Waals surface area contributed by atoms with Gasteiger partial charge in [0.05, 0.1) is 6.61 Å². The number of ether oxygens (including phenoxy) is 4. The van der Waals surface area contributed by atoms with Crippen molar-refractivity contribution in [2.45, 2.75) is 69.0 Å². The van der Waals surface area contributed by atoms with Gasteiger partial charge in [-0.2, -0.15) is 0 Å². The Labute approximate surface area is 200 Å². The second-order valence-corrected chi connectivity index (χ2v) is 12.7. The third-order valence-corrected chi connectivity index (χ3v) is 7.85. The quantitative estimate of drug-likeness (QED) is 0.588. The van der Waals surface area contributed by atoms with Crippen LogP contribution < -0.4 is 0 Å². The zero-order valence-electron chi connectivity index (χ0n) is 20.8. The highest BCUT2D eigenvalue weighted by Gasteiger charge is 2.62. The molecule has 0 aliphatic carbocycles. The van der Waals surface area contributed by atoms with Gasteiger partial charge in [0, 0.05) is 14.2 Å². The van der Waals surface area contributed by atoms with Gasteiger partial charge in [-0.05, 0) is 30.0 Å². The third kappa shape index (κ3) is 4.95. The highest BCUT2D eigenvalue weighted by Crippen LogP contribution is 2.49. The van der Waals surface area contributed by atoms with E-state index in [4.69, 9.17) is 23.4 Å². The van der Waals surface area contributed by atoms with Crippen LogP contribution >= 0.6 is 0 Å². The molecule has 4 atom stereocenters. The largest absolute Gasteiger partial charge is 0.408 e. The Balaban J connectivity index is 2.27. The topological polar surface area (TPSA) is 66.4 Å². The molecule has 1 aliphatic rings. The van der Waals surface area contributed by atoms with Crippen LogP contribution in [0.5, 0.6) is 0 Å². The lowest BCUT2D eigenvalue weighted by Gasteiger charge is -2.56. The molecule has 2 aromatic carbocycles. The molecule has 0 radical (unpaired) electrons. The Morgan fingerprint density at radius 3 is 1.70 bits per heavy atom. The predicted molar refractivity (Wildman–Crippen MR) is 131 cm³/mol. The summed E-state index contributed by atoms with van der Waals surface area (Å²) in [4.78, 5) is 0. The molecule has 0 saturated carbocycles. The molecule has 1 saturated heterocycles. The molecule has 6 nitrogen and oxygen atoms in total. The van der Waals surface area contributed by atoms with Crippen molar-refractivity contribution in [2.24, 2.45) is 0 Å². The van der Waals surface area contributed by atoms with Crippen LogP contribution in [0.25, 0.3) is 0 Å². The summed E-state index contributed by atoms with van der Waals surface area (Å²) < 4.78 is 31.6. The lowest BCUT2D eigenvalue weighted by Crippen LogP contribution is -2.70. The molecule has 33 heavy (non-hydrogen) atoms. The van der Waals surface area contributed by atoms with Gasteiger partial charge in [0.25, 0.3) is 0 Å². The molecule has 7 heteroatoms. The van der Waals surface area contributed by atoms with Crippen molar-refractivity contribution in [3.05, 3.63) is 71.8 Å². The van der Waals surface area contributed by atoms with Crippen LogP contribution in [0.2, 0.25) is 5.04 Å². The first kappa shape index (κ1) is 26.0. The van der Waals surface area contributed by atoms with E-state index in [1.165, 1.54) is 0 Å². The molecule has 0 spiro atoms. The van der Waals surface area contributed by atoms with E-state index in [1.54, 1.807) is 28.1 Å². The maximum Gasteiger partial charge on any atom is 0.220 e. The van der Waals surface area contributed by atoms with Gasteiger partial charge in [0.1, 0.15) is 17.8 Å². The first-order chi connectivity index (χ1) is 15.5. The normalized spacial score (nSPS) is 29.0. The number of hydrogen-bond acceptors (Lipinski definition) is 6. The first-order valence-corrected chi connectivity index (χ1v) is 12.7. The second-order valence-electron chi connectivity index (χ2n) is 9.99. The standard InChI is InChI=1S/C26H38O6Si/c1-23(2,3)33-32-26(19-14-10-8-11-15-19,20-16-12-9-13-17-20)22-21(18-27)30-24(4,28-6)25(5,29-7)31-22/h8-17,21-22,27H,18,33H2,1-7H3/t21-,22-,24+,25+/m0/s1. The molecule has 0 amide bonds. The molecule has 1 fully saturated rings. The monoisotopic (exact) mass is 474 g/mol. The molecule has 1 heterocycles. The fourth-order valence-electron chi connectivity index (χ4n) is 4.27. The van der Waals surface area contributed by atoms with Crippen molar-refractivity contribution < 1.29 is 28.5 Å². The average Bonchev–Trinajstić information content (AvgIpc) is 2.82. The Morgan fingerprint density at radius 1 is 0.848 bits per heavy atom. The Morgan fingerprint density at radius 2 is 1.30 bits per heavy atom. The molecule has 0 unspecified atom stereocenters. The molecule has 0 aromatic heterocycles. The first-order valence-electron chi connectivity index (χ1n) is 11.4. The Kier molecular flexibility index (Phi) is 7.85. The Hall–Kier alpha value is -1.58. The van der Waals surface area contributed by atoms with E-state index in [0.29, 0.717) is 0 Å². The number of rotatable bonds is 8. The minimum absolute atomic E-state index is 0.0185. The van der Waals surface area contributed by atoms with Gasteiger partial charge in [-0.3, -0.25) is 0 Å². The predicted octanol–water partition coefficient (Wildman–Crippen LogP) is 3.75. The van der Waals surface area contributed by atoms with Crippen molar-refractivity contribution in [1.82, 2.24) is 0 Å². The summed E-state index contributed by atoms with van der Waals surface area (Å²) in [5, 5.41) is 10.5. The van der Waals surface area contributed by atoms with Crippen LogP contribution in [-0.2, 0) is 29.0 Å². The smallest absolute Gasteiger partial charge is 0.220 e. The van der Waals surface area contributed by atoms with Crippen molar-refractivity contribution in [3.63, 3.8) is 0 Å². The van der Waals surface area contributed by atoms with E-state index < -0.39 is 39.1 Å². The van der Waals surface area contributed by atoms with Crippen LogP contribution in [-0.4, -0.2) is 59.5 Å². The molecular formula is C26H38O6Si. The van der Waals surface area contributed by atoms with Crippen molar-refractivity contribution in [1.29, 1.82) is 0 Å². The zero-order valence-corrected chi connectivity index (χ0v) is 22.2. The van der Waals surface area contributed by atoms with Crippen LogP contribution in [0.15, 0.2) is 60.7 Å². The summed E-state index contributed by atoms with van der Waals surface area (Å²) >= 11 is 0. The fraction of sp³-hybridized carbons (Fsp3) is 0.538. The van der Waals surface area contributed by atoms with E-state index in [0.717, 1.165) is 11.1 Å². The molecule has 1 aliphatic heterocycles. The number of aliphatic hydroxyl groups is 1. The van der Waals surface area contributed by atoms with E-state index in [9.17, 15) is 5.11 Å². The van der Waals surface area contributed by atoms with Crippen LogP contribution in [0.3, 0.4) is 0 Å². The van der Waals surface area contributed by atoms with E-state index in [1.807, 2.05) is 60.7 Å². The van der Waals surface area contributed by atoms with Gasteiger partial charge >= 0.3 is 0 Å². The average molecular weight is 475 g/mol. The summed E-state index contributed by atoms with van der Waals surface area (Å²) in [7, 11) is 2.02. The number of hydrogen-bond donors (Lipinski definition) is 1. The Bertz CT molecular complexity index is 847. The van der Waals surface area contributed by atoms with Crippen molar-refractivity contribution in [3.8, 4) is 0 Å². The minimum atomic E-state index is -1.25. The summed E-state index contributed by atoms with van der Waals surface area (Å²) in [6.45, 7) is 9.83. The van der Waals surface area contributed by atoms with Crippen LogP contribution in [0, 0.1) is 0 Å². The van der Waals surface area contributed by atoms with Gasteiger partial charge < -0.3 is 28.5 Å². The molecular weight excluding hydrogens is 436 g/mol. The molecule has 2 aromatic rings. The maximum atomic E-state index is 10.5. The van der Waals surface area contributed by atoms with Crippen LogP contribution in [0.1, 0.15) is 45.7 Å².